The highest BCUT2D eigenvalue weighted by molar-refractivity contribution is 7.10. The van der Waals surface area contributed by atoms with Crippen molar-refractivity contribution in [3.05, 3.63) is 64.0 Å². The van der Waals surface area contributed by atoms with Gasteiger partial charge in [-0.1, -0.05) is 49.7 Å². The van der Waals surface area contributed by atoms with E-state index in [1.165, 1.54) is 4.88 Å². The molecule has 0 bridgehead atoms. The number of amides is 1. The summed E-state index contributed by atoms with van der Waals surface area (Å²) >= 11 is 1.67. The molecule has 5 heteroatoms. The van der Waals surface area contributed by atoms with Crippen LogP contribution in [0.25, 0.3) is 11.3 Å². The largest absolute Gasteiger partial charge is 0.343 e. The van der Waals surface area contributed by atoms with E-state index in [-0.39, 0.29) is 11.9 Å². The molecule has 0 unspecified atom stereocenters. The van der Waals surface area contributed by atoms with Crippen LogP contribution in [0.1, 0.15) is 46.7 Å². The molecule has 0 aliphatic heterocycles. The maximum absolute atomic E-state index is 12.7. The Morgan fingerprint density at radius 2 is 2.04 bits per heavy atom. The zero-order chi connectivity index (χ0) is 16.9. The van der Waals surface area contributed by atoms with Crippen molar-refractivity contribution in [2.24, 2.45) is 0 Å². The lowest BCUT2D eigenvalue weighted by atomic mass is 10.1. The van der Waals surface area contributed by atoms with Crippen molar-refractivity contribution in [1.82, 2.24) is 15.5 Å². The Morgan fingerprint density at radius 3 is 2.71 bits per heavy atom. The molecule has 0 fully saturated rings. The number of hydrogen-bond donors (Lipinski definition) is 2. The Bertz CT molecular complexity index is 793. The molecule has 2 N–H and O–H groups in total. The van der Waals surface area contributed by atoms with Crippen molar-refractivity contribution < 1.29 is 4.79 Å². The van der Waals surface area contributed by atoms with Crippen molar-refractivity contribution in [3.63, 3.8) is 0 Å². The molecule has 2 aromatic heterocycles. The van der Waals surface area contributed by atoms with Gasteiger partial charge in [-0.05, 0) is 24.8 Å². The number of carbonyl (C=O) groups excluding carboxylic acids is 1. The summed E-state index contributed by atoms with van der Waals surface area (Å²) in [5.74, 6) is -0.103. The number of rotatable bonds is 6. The number of carbonyl (C=O) groups is 1. The molecule has 0 radical (unpaired) electrons. The topological polar surface area (TPSA) is 57.8 Å². The summed E-state index contributed by atoms with van der Waals surface area (Å²) in [6, 6.07) is 14.0. The molecule has 4 nitrogen and oxygen atoms in total. The lowest BCUT2D eigenvalue weighted by molar-refractivity contribution is 0.0929. The van der Waals surface area contributed by atoms with Crippen LogP contribution in [0.2, 0.25) is 0 Å². The van der Waals surface area contributed by atoms with Gasteiger partial charge in [0.2, 0.25) is 0 Å². The van der Waals surface area contributed by atoms with Gasteiger partial charge < -0.3 is 5.32 Å². The summed E-state index contributed by atoms with van der Waals surface area (Å²) in [6.07, 6.45) is 1.94. The number of benzene rings is 1. The summed E-state index contributed by atoms with van der Waals surface area (Å²) < 4.78 is 0. The molecule has 0 aliphatic carbocycles. The highest BCUT2D eigenvalue weighted by atomic mass is 32.1. The minimum Gasteiger partial charge on any atom is -0.343 e. The fourth-order valence-electron chi connectivity index (χ4n) is 2.79. The Hall–Kier alpha value is -2.40. The molecule has 1 aromatic carbocycles. The van der Waals surface area contributed by atoms with Crippen molar-refractivity contribution in [2.75, 3.05) is 0 Å². The standard InChI is InChI=1S/C19H21N3OS/c1-3-8-15(16-11-7-12-24-16)20-19(23)18-13(2)17(21-22-18)14-9-5-4-6-10-14/h4-7,9-12,15H,3,8H2,1-2H3,(H,20,23)(H,21,22)/t15-/m0/s1. The summed E-state index contributed by atoms with van der Waals surface area (Å²) in [5.41, 5.74) is 3.24. The number of aromatic amines is 1. The number of aromatic nitrogens is 2. The van der Waals surface area contributed by atoms with E-state index in [4.69, 9.17) is 0 Å². The summed E-state index contributed by atoms with van der Waals surface area (Å²) in [7, 11) is 0. The van der Waals surface area contributed by atoms with Crippen LogP contribution in [0.3, 0.4) is 0 Å². The molecular formula is C19H21N3OS. The first kappa shape index (κ1) is 16.5. The molecule has 1 atom stereocenters. The van der Waals surface area contributed by atoms with Gasteiger partial charge in [-0.2, -0.15) is 5.10 Å². The average molecular weight is 339 g/mol. The van der Waals surface area contributed by atoms with E-state index in [0.29, 0.717) is 5.69 Å². The Balaban J connectivity index is 1.81. The Morgan fingerprint density at radius 1 is 1.25 bits per heavy atom. The molecule has 24 heavy (non-hydrogen) atoms. The molecule has 124 valence electrons. The van der Waals surface area contributed by atoms with Gasteiger partial charge in [0.25, 0.3) is 5.91 Å². The molecule has 2 heterocycles. The van der Waals surface area contributed by atoms with Gasteiger partial charge in [-0.25, -0.2) is 0 Å². The van der Waals surface area contributed by atoms with E-state index in [9.17, 15) is 4.79 Å². The lowest BCUT2D eigenvalue weighted by Gasteiger charge is -2.16. The number of nitrogens with zero attached hydrogens (tertiary/aromatic N) is 1. The van der Waals surface area contributed by atoms with Crippen molar-refractivity contribution in [1.29, 1.82) is 0 Å². The van der Waals surface area contributed by atoms with Crippen LogP contribution in [-0.4, -0.2) is 16.1 Å². The van der Waals surface area contributed by atoms with Crippen molar-refractivity contribution in [2.45, 2.75) is 32.7 Å². The third-order valence-electron chi connectivity index (χ3n) is 4.05. The second-order valence-corrected chi connectivity index (χ2v) is 6.75. The maximum atomic E-state index is 12.7. The quantitative estimate of drug-likeness (QED) is 0.683. The van der Waals surface area contributed by atoms with Gasteiger partial charge in [0, 0.05) is 16.0 Å². The van der Waals surface area contributed by atoms with Crippen LogP contribution in [0, 0.1) is 6.92 Å². The maximum Gasteiger partial charge on any atom is 0.270 e. The van der Waals surface area contributed by atoms with Crippen LogP contribution < -0.4 is 5.32 Å². The van der Waals surface area contributed by atoms with E-state index >= 15 is 0 Å². The van der Waals surface area contributed by atoms with Gasteiger partial charge in [0.1, 0.15) is 5.69 Å². The van der Waals surface area contributed by atoms with E-state index in [1.807, 2.05) is 48.7 Å². The minimum absolute atomic E-state index is 0.0466. The molecule has 3 aromatic rings. The SMILES string of the molecule is CCC[C@H](NC(=O)c1[nH]nc(-c2ccccc2)c1C)c1cccs1. The third-order valence-corrected chi connectivity index (χ3v) is 5.04. The van der Waals surface area contributed by atoms with Gasteiger partial charge in [0.05, 0.1) is 11.7 Å². The predicted molar refractivity (Wildman–Crippen MR) is 98.2 cm³/mol. The number of H-pyrrole nitrogens is 1. The van der Waals surface area contributed by atoms with Crippen LogP contribution >= 0.6 is 11.3 Å². The van der Waals surface area contributed by atoms with Crippen LogP contribution in [0.4, 0.5) is 0 Å². The molecule has 3 rings (SSSR count). The van der Waals surface area contributed by atoms with E-state index in [2.05, 4.69) is 28.5 Å². The monoisotopic (exact) mass is 339 g/mol. The van der Waals surface area contributed by atoms with E-state index in [0.717, 1.165) is 29.7 Å². The molecule has 1 amide bonds. The van der Waals surface area contributed by atoms with Gasteiger partial charge in [0.15, 0.2) is 0 Å². The first-order valence-electron chi connectivity index (χ1n) is 8.15. The Labute approximate surface area is 145 Å². The van der Waals surface area contributed by atoms with Crippen LogP contribution in [-0.2, 0) is 0 Å². The predicted octanol–water partition coefficient (Wildman–Crippen LogP) is 4.72. The van der Waals surface area contributed by atoms with Crippen LogP contribution in [0.5, 0.6) is 0 Å². The zero-order valence-corrected chi connectivity index (χ0v) is 14.7. The highest BCUT2D eigenvalue weighted by Gasteiger charge is 2.20. The fourth-order valence-corrected chi connectivity index (χ4v) is 3.60. The smallest absolute Gasteiger partial charge is 0.270 e. The van der Waals surface area contributed by atoms with Gasteiger partial charge in [-0.15, -0.1) is 11.3 Å². The summed E-state index contributed by atoms with van der Waals surface area (Å²) in [5, 5.41) is 12.4. The number of thiophene rings is 1. The fraction of sp³-hybridized carbons (Fsp3) is 0.263. The van der Waals surface area contributed by atoms with E-state index in [1.54, 1.807) is 11.3 Å². The summed E-state index contributed by atoms with van der Waals surface area (Å²) in [6.45, 7) is 4.06. The molecule has 0 saturated carbocycles. The lowest BCUT2D eigenvalue weighted by Crippen LogP contribution is -2.28. The first-order valence-corrected chi connectivity index (χ1v) is 9.03. The number of hydrogen-bond acceptors (Lipinski definition) is 3. The third kappa shape index (κ3) is 3.41. The van der Waals surface area contributed by atoms with Crippen molar-refractivity contribution >= 4 is 17.2 Å². The van der Waals surface area contributed by atoms with Gasteiger partial charge in [-0.3, -0.25) is 9.89 Å². The van der Waals surface area contributed by atoms with Crippen LogP contribution in [0.15, 0.2) is 47.8 Å². The molecular weight excluding hydrogens is 318 g/mol. The van der Waals surface area contributed by atoms with Crippen molar-refractivity contribution in [3.8, 4) is 11.3 Å². The normalized spacial score (nSPS) is 12.1. The molecule has 0 spiro atoms. The average Bonchev–Trinajstić information content (AvgIpc) is 3.25. The van der Waals surface area contributed by atoms with E-state index < -0.39 is 0 Å². The highest BCUT2D eigenvalue weighted by Crippen LogP contribution is 2.26. The molecule has 0 saturated heterocycles. The van der Waals surface area contributed by atoms with Gasteiger partial charge >= 0.3 is 0 Å². The number of nitrogens with one attached hydrogen (secondary N) is 2. The second-order valence-electron chi connectivity index (χ2n) is 5.77. The zero-order valence-electron chi connectivity index (χ0n) is 13.9. The minimum atomic E-state index is -0.103. The molecule has 0 aliphatic rings. The summed E-state index contributed by atoms with van der Waals surface area (Å²) in [4.78, 5) is 13.9. The Kier molecular flexibility index (Phi) is 5.11. The second kappa shape index (κ2) is 7.45. The first-order chi connectivity index (χ1) is 11.7.